The van der Waals surface area contributed by atoms with E-state index in [1.165, 1.54) is 54.5 Å². The topological polar surface area (TPSA) is 6.48 Å². The predicted molar refractivity (Wildman–Crippen MR) is 118 cm³/mol. The molecule has 2 aliphatic rings. The van der Waals surface area contributed by atoms with Gasteiger partial charge in [-0.3, -0.25) is 4.90 Å². The van der Waals surface area contributed by atoms with Crippen LogP contribution in [0.25, 0.3) is 0 Å². The molecule has 5 heteroatoms. The van der Waals surface area contributed by atoms with Crippen LogP contribution in [0, 0.1) is 0 Å². The molecule has 2 fully saturated rings. The summed E-state index contributed by atoms with van der Waals surface area (Å²) in [7, 11) is 0. The monoisotopic (exact) mass is 540 g/mol. The summed E-state index contributed by atoms with van der Waals surface area (Å²) in [6.45, 7) is 4.74. The second kappa shape index (κ2) is 8.44. The third-order valence-corrected chi connectivity index (χ3v) is 7.30. The number of hydrogen-bond donors (Lipinski definition) is 0. The van der Waals surface area contributed by atoms with Crippen molar-refractivity contribution in [3.8, 4) is 0 Å². The minimum Gasteiger partial charge on any atom is -0.302 e. The van der Waals surface area contributed by atoms with E-state index >= 15 is 0 Å². The molecule has 0 N–H and O–H groups in total. The molecule has 2 aromatic carbocycles. The average Bonchev–Trinajstić information content (AvgIpc) is 3.10. The highest BCUT2D eigenvalue weighted by Gasteiger charge is 2.40. The average molecular weight is 543 g/mol. The summed E-state index contributed by atoms with van der Waals surface area (Å²) < 4.78 is 3.50. The Kier molecular flexibility index (Phi) is 6.21. The molecule has 0 saturated carbocycles. The van der Waals surface area contributed by atoms with Gasteiger partial charge in [-0.2, -0.15) is 0 Å². The highest BCUT2D eigenvalue weighted by atomic mass is 79.9. The molecule has 2 saturated heterocycles. The summed E-state index contributed by atoms with van der Waals surface area (Å²) in [5.74, 6) is 0. The predicted octanol–water partition coefficient (Wildman–Crippen LogP) is 6.39. The van der Waals surface area contributed by atoms with Crippen LogP contribution < -0.4 is 0 Å². The Balaban J connectivity index is 1.56. The van der Waals surface area contributed by atoms with E-state index in [-0.39, 0.29) is 0 Å². The maximum Gasteiger partial charge on any atom is 0.0371 e. The van der Waals surface area contributed by atoms with Gasteiger partial charge in [0.1, 0.15) is 0 Å². The number of halogens is 3. The molecular formula is C21H23Br3N2. The van der Waals surface area contributed by atoms with Crippen LogP contribution in [0.1, 0.15) is 36.4 Å². The minimum atomic E-state index is 0.489. The Morgan fingerprint density at radius 1 is 0.923 bits per heavy atom. The van der Waals surface area contributed by atoms with Crippen LogP contribution in [0.5, 0.6) is 0 Å². The smallest absolute Gasteiger partial charge is 0.0371 e. The number of nitrogens with zero attached hydrogens (tertiary/aromatic N) is 2. The van der Waals surface area contributed by atoms with Gasteiger partial charge in [0.2, 0.25) is 0 Å². The van der Waals surface area contributed by atoms with Crippen LogP contribution in [0.2, 0.25) is 0 Å². The zero-order chi connectivity index (χ0) is 18.1. The highest BCUT2D eigenvalue weighted by molar-refractivity contribution is 9.11. The maximum atomic E-state index is 3.73. The van der Waals surface area contributed by atoms with Gasteiger partial charge in [-0.25, -0.2) is 0 Å². The van der Waals surface area contributed by atoms with E-state index in [4.69, 9.17) is 0 Å². The zero-order valence-electron chi connectivity index (χ0n) is 14.7. The molecule has 26 heavy (non-hydrogen) atoms. The fourth-order valence-corrected chi connectivity index (χ4v) is 5.98. The van der Waals surface area contributed by atoms with Gasteiger partial charge in [0, 0.05) is 38.6 Å². The van der Waals surface area contributed by atoms with Crippen molar-refractivity contribution < 1.29 is 0 Å². The fourth-order valence-electron chi connectivity index (χ4n) is 4.25. The molecule has 0 spiro atoms. The molecule has 2 aliphatic heterocycles. The van der Waals surface area contributed by atoms with Crippen LogP contribution in [-0.4, -0.2) is 35.5 Å². The van der Waals surface area contributed by atoms with E-state index in [0.29, 0.717) is 12.1 Å². The minimum absolute atomic E-state index is 0.489. The summed E-state index contributed by atoms with van der Waals surface area (Å²) in [5.41, 5.74) is 2.77. The largest absolute Gasteiger partial charge is 0.302 e. The van der Waals surface area contributed by atoms with Gasteiger partial charge in [-0.05, 0) is 67.7 Å². The molecule has 0 aromatic heterocycles. The van der Waals surface area contributed by atoms with Gasteiger partial charge in [0.05, 0.1) is 0 Å². The van der Waals surface area contributed by atoms with E-state index in [2.05, 4.69) is 100 Å². The van der Waals surface area contributed by atoms with Crippen LogP contribution in [0.15, 0.2) is 55.9 Å². The normalized spacial score (nSPS) is 24.0. The molecule has 2 unspecified atom stereocenters. The number of hydrogen-bond acceptors (Lipinski definition) is 2. The molecule has 2 aromatic rings. The summed E-state index contributed by atoms with van der Waals surface area (Å²) in [6.07, 6.45) is 3.96. The van der Waals surface area contributed by atoms with Crippen molar-refractivity contribution in [1.29, 1.82) is 0 Å². The van der Waals surface area contributed by atoms with Crippen molar-refractivity contribution in [3.63, 3.8) is 0 Å². The number of rotatable bonds is 5. The van der Waals surface area contributed by atoms with Crippen molar-refractivity contribution in [2.24, 2.45) is 0 Å². The second-order valence-corrected chi connectivity index (χ2v) is 10.1. The van der Waals surface area contributed by atoms with Crippen LogP contribution in [-0.2, 0) is 6.54 Å². The van der Waals surface area contributed by atoms with Crippen molar-refractivity contribution in [3.05, 3.63) is 67.0 Å². The Morgan fingerprint density at radius 3 is 2.31 bits per heavy atom. The van der Waals surface area contributed by atoms with Gasteiger partial charge in [0.25, 0.3) is 0 Å². The molecule has 138 valence electrons. The molecule has 0 radical (unpaired) electrons. The Morgan fingerprint density at radius 2 is 1.62 bits per heavy atom. The van der Waals surface area contributed by atoms with Gasteiger partial charge >= 0.3 is 0 Å². The lowest BCUT2D eigenvalue weighted by Crippen LogP contribution is -2.54. The molecule has 2 atom stereocenters. The molecular weight excluding hydrogens is 520 g/mol. The summed E-state index contributed by atoms with van der Waals surface area (Å²) >= 11 is 11.0. The SMILES string of the molecule is Brc1cc(Br)cc(C2CC(CN3CCCC3)N2Cc2ccccc2Br)c1. The van der Waals surface area contributed by atoms with E-state index in [1.54, 1.807) is 0 Å². The van der Waals surface area contributed by atoms with Crippen molar-refractivity contribution in [1.82, 2.24) is 9.80 Å². The summed E-state index contributed by atoms with van der Waals surface area (Å²) in [6, 6.07) is 16.4. The second-order valence-electron chi connectivity index (χ2n) is 7.38. The fraction of sp³-hybridized carbons (Fsp3) is 0.429. The van der Waals surface area contributed by atoms with Crippen molar-refractivity contribution in [2.45, 2.75) is 37.9 Å². The first-order valence-electron chi connectivity index (χ1n) is 9.27. The molecule has 4 rings (SSSR count). The highest BCUT2D eigenvalue weighted by Crippen LogP contribution is 2.42. The molecule has 0 amide bonds. The van der Waals surface area contributed by atoms with E-state index in [1.807, 2.05) is 0 Å². The Bertz CT molecular complexity index is 753. The molecule has 0 aliphatic carbocycles. The first-order valence-corrected chi connectivity index (χ1v) is 11.7. The third kappa shape index (κ3) is 4.27. The summed E-state index contributed by atoms with van der Waals surface area (Å²) in [5, 5.41) is 0. The summed E-state index contributed by atoms with van der Waals surface area (Å²) in [4.78, 5) is 5.33. The third-order valence-electron chi connectivity index (χ3n) is 5.61. The number of likely N-dealkylation sites (tertiary alicyclic amines) is 2. The molecule has 0 bridgehead atoms. The lowest BCUT2D eigenvalue weighted by atomic mass is 9.86. The lowest BCUT2D eigenvalue weighted by molar-refractivity contribution is -0.0117. The van der Waals surface area contributed by atoms with Gasteiger partial charge in [0.15, 0.2) is 0 Å². The van der Waals surface area contributed by atoms with E-state index in [9.17, 15) is 0 Å². The van der Waals surface area contributed by atoms with E-state index < -0.39 is 0 Å². The maximum absolute atomic E-state index is 3.73. The quantitative estimate of drug-likeness (QED) is 0.432. The van der Waals surface area contributed by atoms with Crippen LogP contribution >= 0.6 is 47.8 Å². The van der Waals surface area contributed by atoms with Crippen LogP contribution in [0.3, 0.4) is 0 Å². The van der Waals surface area contributed by atoms with Crippen molar-refractivity contribution >= 4 is 47.8 Å². The molecule has 2 nitrogen and oxygen atoms in total. The Hall–Kier alpha value is -0.200. The van der Waals surface area contributed by atoms with Gasteiger partial charge < -0.3 is 4.90 Å². The zero-order valence-corrected chi connectivity index (χ0v) is 19.4. The number of benzene rings is 2. The first kappa shape index (κ1) is 19.1. The molecule has 2 heterocycles. The van der Waals surface area contributed by atoms with Crippen molar-refractivity contribution in [2.75, 3.05) is 19.6 Å². The van der Waals surface area contributed by atoms with Gasteiger partial charge in [-0.1, -0.05) is 66.0 Å². The first-order chi connectivity index (χ1) is 12.6. The van der Waals surface area contributed by atoms with Crippen LogP contribution in [0.4, 0.5) is 0 Å². The Labute approximate surface area is 181 Å². The lowest BCUT2D eigenvalue weighted by Gasteiger charge is -2.50. The standard InChI is InChI=1S/C21H23Br3N2/c22-17-9-16(10-18(23)11-17)21-12-19(14-25-7-3-4-8-25)26(21)13-15-5-1-2-6-20(15)24/h1-2,5-6,9-11,19,21H,3-4,7-8,12-14H2. The van der Waals surface area contributed by atoms with E-state index in [0.717, 1.165) is 15.5 Å². The van der Waals surface area contributed by atoms with Gasteiger partial charge in [-0.15, -0.1) is 0 Å².